The van der Waals surface area contributed by atoms with Gasteiger partial charge in [-0.15, -0.1) is 22.7 Å². The van der Waals surface area contributed by atoms with Crippen molar-refractivity contribution < 1.29 is 4.79 Å². The maximum absolute atomic E-state index is 12.1. The number of nitrogens with zero attached hydrogens (tertiary/aromatic N) is 1. The standard InChI is InChI=1S/C14H19N3OS2/c1-17(2)10(11-5-3-7-19-11)9-16-14(18)13(15)12-6-4-8-20-12/h3-8,10,13H,9,15H2,1-2H3,(H,16,18). The second kappa shape index (κ2) is 6.99. The number of hydrogen-bond donors (Lipinski definition) is 2. The predicted molar refractivity (Wildman–Crippen MR) is 85.0 cm³/mol. The van der Waals surface area contributed by atoms with Gasteiger partial charge in [-0.2, -0.15) is 0 Å². The molecule has 0 saturated heterocycles. The fourth-order valence-corrected chi connectivity index (χ4v) is 3.57. The van der Waals surface area contributed by atoms with E-state index < -0.39 is 6.04 Å². The molecule has 0 aliphatic carbocycles. The third-order valence-electron chi connectivity index (χ3n) is 3.10. The quantitative estimate of drug-likeness (QED) is 0.860. The molecule has 2 aromatic rings. The van der Waals surface area contributed by atoms with Gasteiger partial charge in [0.25, 0.3) is 0 Å². The Balaban J connectivity index is 1.94. The zero-order chi connectivity index (χ0) is 14.5. The molecule has 108 valence electrons. The number of rotatable bonds is 6. The van der Waals surface area contributed by atoms with E-state index in [9.17, 15) is 4.79 Å². The van der Waals surface area contributed by atoms with Crippen molar-refractivity contribution in [3.05, 3.63) is 44.8 Å². The van der Waals surface area contributed by atoms with Crippen LogP contribution in [0.2, 0.25) is 0 Å². The maximum Gasteiger partial charge on any atom is 0.242 e. The Morgan fingerprint density at radius 3 is 2.35 bits per heavy atom. The molecule has 0 bridgehead atoms. The summed E-state index contributed by atoms with van der Waals surface area (Å²) in [6.45, 7) is 0.561. The number of likely N-dealkylation sites (N-methyl/N-ethyl adjacent to an activating group) is 1. The first kappa shape index (κ1) is 15.2. The molecule has 0 aliphatic rings. The number of amides is 1. The summed E-state index contributed by atoms with van der Waals surface area (Å²) in [5, 5.41) is 6.92. The molecule has 0 radical (unpaired) electrons. The van der Waals surface area contributed by atoms with Gasteiger partial charge in [0.1, 0.15) is 6.04 Å². The minimum Gasteiger partial charge on any atom is -0.352 e. The van der Waals surface area contributed by atoms with Crippen LogP contribution in [0.5, 0.6) is 0 Å². The van der Waals surface area contributed by atoms with E-state index in [1.807, 2.05) is 43.1 Å². The summed E-state index contributed by atoms with van der Waals surface area (Å²) >= 11 is 3.20. The van der Waals surface area contributed by atoms with Crippen molar-refractivity contribution >= 4 is 28.6 Å². The molecule has 6 heteroatoms. The molecule has 0 saturated carbocycles. The summed E-state index contributed by atoms with van der Waals surface area (Å²) < 4.78 is 0. The highest BCUT2D eigenvalue weighted by Gasteiger charge is 2.20. The number of thiophene rings is 2. The van der Waals surface area contributed by atoms with Crippen molar-refractivity contribution in [3.8, 4) is 0 Å². The lowest BCUT2D eigenvalue weighted by Gasteiger charge is -2.24. The van der Waals surface area contributed by atoms with Crippen molar-refractivity contribution in [1.29, 1.82) is 0 Å². The van der Waals surface area contributed by atoms with E-state index >= 15 is 0 Å². The molecular formula is C14H19N3OS2. The monoisotopic (exact) mass is 309 g/mol. The number of hydrogen-bond acceptors (Lipinski definition) is 5. The van der Waals surface area contributed by atoms with E-state index in [4.69, 9.17) is 5.73 Å². The van der Waals surface area contributed by atoms with E-state index in [0.717, 1.165) is 4.88 Å². The summed E-state index contributed by atoms with van der Waals surface area (Å²) in [5.74, 6) is -0.129. The van der Waals surface area contributed by atoms with E-state index in [1.165, 1.54) is 16.2 Å². The predicted octanol–water partition coefficient (Wildman–Crippen LogP) is 2.23. The van der Waals surface area contributed by atoms with Crippen LogP contribution in [0.25, 0.3) is 0 Å². The Labute approximate surface area is 127 Å². The molecule has 2 rings (SSSR count). The summed E-state index contributed by atoms with van der Waals surface area (Å²) in [7, 11) is 4.02. The van der Waals surface area contributed by atoms with Crippen LogP contribution in [0.15, 0.2) is 35.0 Å². The minimum atomic E-state index is -0.582. The van der Waals surface area contributed by atoms with Gasteiger partial charge >= 0.3 is 0 Å². The van der Waals surface area contributed by atoms with Gasteiger partial charge in [-0.25, -0.2) is 0 Å². The highest BCUT2D eigenvalue weighted by atomic mass is 32.1. The van der Waals surface area contributed by atoms with Gasteiger partial charge in [-0.3, -0.25) is 4.79 Å². The minimum absolute atomic E-state index is 0.129. The second-order valence-electron chi connectivity index (χ2n) is 4.73. The fraction of sp³-hybridized carbons (Fsp3) is 0.357. The van der Waals surface area contributed by atoms with Gasteiger partial charge in [-0.1, -0.05) is 12.1 Å². The van der Waals surface area contributed by atoms with Gasteiger partial charge in [0.05, 0.1) is 6.04 Å². The van der Waals surface area contributed by atoms with Gasteiger partial charge in [0.15, 0.2) is 0 Å². The fourth-order valence-electron chi connectivity index (χ4n) is 1.92. The van der Waals surface area contributed by atoms with Crippen LogP contribution in [0.4, 0.5) is 0 Å². The highest BCUT2D eigenvalue weighted by Crippen LogP contribution is 2.23. The maximum atomic E-state index is 12.1. The normalized spacial score (nSPS) is 14.2. The first-order valence-corrected chi connectivity index (χ1v) is 8.12. The van der Waals surface area contributed by atoms with Gasteiger partial charge in [0, 0.05) is 16.3 Å². The van der Waals surface area contributed by atoms with Crippen molar-refractivity contribution in [3.63, 3.8) is 0 Å². The second-order valence-corrected chi connectivity index (χ2v) is 6.69. The van der Waals surface area contributed by atoms with Crippen LogP contribution in [-0.2, 0) is 4.79 Å². The van der Waals surface area contributed by atoms with Gasteiger partial charge in [-0.05, 0) is 37.0 Å². The zero-order valence-electron chi connectivity index (χ0n) is 11.6. The molecule has 2 aromatic heterocycles. The van der Waals surface area contributed by atoms with Crippen molar-refractivity contribution in [1.82, 2.24) is 10.2 Å². The number of carbonyl (C=O) groups is 1. The SMILES string of the molecule is CN(C)C(CNC(=O)C(N)c1cccs1)c1cccs1. The third kappa shape index (κ3) is 3.67. The van der Waals surface area contributed by atoms with E-state index in [1.54, 1.807) is 11.3 Å². The lowest BCUT2D eigenvalue weighted by molar-refractivity contribution is -0.122. The topological polar surface area (TPSA) is 58.4 Å². The molecule has 0 aliphatic heterocycles. The van der Waals surface area contributed by atoms with E-state index in [0.29, 0.717) is 6.54 Å². The Morgan fingerprint density at radius 1 is 1.25 bits per heavy atom. The molecule has 20 heavy (non-hydrogen) atoms. The summed E-state index contributed by atoms with van der Waals surface area (Å²) in [4.78, 5) is 16.3. The molecule has 1 amide bonds. The Hall–Kier alpha value is -1.21. The zero-order valence-corrected chi connectivity index (χ0v) is 13.2. The molecule has 2 heterocycles. The van der Waals surface area contributed by atoms with Crippen LogP contribution < -0.4 is 11.1 Å². The Bertz CT molecular complexity index is 523. The van der Waals surface area contributed by atoms with E-state index in [-0.39, 0.29) is 11.9 Å². The Morgan fingerprint density at radius 2 is 1.85 bits per heavy atom. The lowest BCUT2D eigenvalue weighted by Crippen LogP contribution is -2.39. The number of nitrogens with two attached hydrogens (primary N) is 1. The molecule has 0 spiro atoms. The van der Waals surface area contributed by atoms with Crippen molar-refractivity contribution in [2.24, 2.45) is 5.73 Å². The summed E-state index contributed by atoms with van der Waals surface area (Å²) in [5.41, 5.74) is 5.95. The van der Waals surface area contributed by atoms with Crippen LogP contribution in [0, 0.1) is 0 Å². The molecule has 2 atom stereocenters. The highest BCUT2D eigenvalue weighted by molar-refractivity contribution is 7.10. The average molecular weight is 309 g/mol. The molecule has 4 nitrogen and oxygen atoms in total. The first-order chi connectivity index (χ1) is 9.59. The van der Waals surface area contributed by atoms with Crippen LogP contribution >= 0.6 is 22.7 Å². The van der Waals surface area contributed by atoms with Gasteiger partial charge in [0.2, 0.25) is 5.91 Å². The Kier molecular flexibility index (Phi) is 5.31. The summed E-state index contributed by atoms with van der Waals surface area (Å²) in [6.07, 6.45) is 0. The average Bonchev–Trinajstić information content (AvgIpc) is 3.10. The van der Waals surface area contributed by atoms with Crippen molar-refractivity contribution in [2.45, 2.75) is 12.1 Å². The van der Waals surface area contributed by atoms with Gasteiger partial charge < -0.3 is 16.0 Å². The molecule has 0 aromatic carbocycles. The van der Waals surface area contributed by atoms with Crippen LogP contribution in [0.3, 0.4) is 0 Å². The number of carbonyl (C=O) groups excluding carboxylic acids is 1. The first-order valence-electron chi connectivity index (χ1n) is 6.36. The molecule has 2 unspecified atom stereocenters. The molecule has 0 fully saturated rings. The van der Waals surface area contributed by atoms with Crippen LogP contribution in [-0.4, -0.2) is 31.4 Å². The largest absolute Gasteiger partial charge is 0.352 e. The number of nitrogens with one attached hydrogen (secondary N) is 1. The third-order valence-corrected chi connectivity index (χ3v) is 5.03. The lowest BCUT2D eigenvalue weighted by atomic mass is 10.2. The smallest absolute Gasteiger partial charge is 0.242 e. The molecule has 3 N–H and O–H groups in total. The van der Waals surface area contributed by atoms with E-state index in [2.05, 4.69) is 16.3 Å². The summed E-state index contributed by atoms with van der Waals surface area (Å²) in [6, 6.07) is 7.49. The van der Waals surface area contributed by atoms with Crippen molar-refractivity contribution in [2.75, 3.05) is 20.6 Å². The molecular weight excluding hydrogens is 290 g/mol. The van der Waals surface area contributed by atoms with Crippen LogP contribution in [0.1, 0.15) is 21.8 Å².